The van der Waals surface area contributed by atoms with Gasteiger partial charge in [0.15, 0.2) is 0 Å². The SMILES string of the molecule is CC/C=C\C/C=C\C/C=C\C/C=C\C/C=C\CCCC(CC(=O)NC(CO)C(O)CCCCCCCCCCC)OC(=O)CCCCCCCC/C=C/C/C=C/C/C=C/CC. The molecule has 0 aliphatic heterocycles. The Bertz CT molecular complexity index is 1220. The zero-order valence-electron chi connectivity index (χ0n) is 39.5. The Kier molecular flexibility index (Phi) is 45.3. The Labute approximate surface area is 376 Å². The van der Waals surface area contributed by atoms with Gasteiger partial charge >= 0.3 is 5.97 Å². The molecular weight excluding hydrogens is 755 g/mol. The average Bonchev–Trinajstić information content (AvgIpc) is 3.25. The van der Waals surface area contributed by atoms with Crippen molar-refractivity contribution in [3.8, 4) is 0 Å². The molecule has 6 nitrogen and oxygen atoms in total. The van der Waals surface area contributed by atoms with E-state index in [0.29, 0.717) is 19.3 Å². The number of carbonyl (C=O) groups excluding carboxylic acids is 2. The van der Waals surface area contributed by atoms with Crippen molar-refractivity contribution in [3.05, 3.63) is 97.2 Å². The van der Waals surface area contributed by atoms with E-state index < -0.39 is 18.2 Å². The number of aliphatic hydroxyl groups excluding tert-OH is 2. The van der Waals surface area contributed by atoms with Crippen molar-refractivity contribution >= 4 is 11.9 Å². The number of hydrogen-bond acceptors (Lipinski definition) is 5. The quantitative estimate of drug-likeness (QED) is 0.0323. The lowest BCUT2D eigenvalue weighted by molar-refractivity contribution is -0.151. The predicted octanol–water partition coefficient (Wildman–Crippen LogP) is 14.9. The normalized spacial score (nSPS) is 14.1. The fourth-order valence-electron chi connectivity index (χ4n) is 6.95. The second-order valence-corrected chi connectivity index (χ2v) is 16.4. The third-order valence-electron chi connectivity index (χ3n) is 10.7. The molecule has 0 spiro atoms. The van der Waals surface area contributed by atoms with Crippen LogP contribution >= 0.6 is 0 Å². The molecule has 0 aromatic heterocycles. The van der Waals surface area contributed by atoms with Crippen LogP contribution in [-0.2, 0) is 14.3 Å². The topological polar surface area (TPSA) is 95.9 Å². The van der Waals surface area contributed by atoms with Gasteiger partial charge in [0.25, 0.3) is 0 Å². The fourth-order valence-corrected chi connectivity index (χ4v) is 6.95. The van der Waals surface area contributed by atoms with Gasteiger partial charge in [0.2, 0.25) is 5.91 Å². The molecule has 0 fully saturated rings. The summed E-state index contributed by atoms with van der Waals surface area (Å²) < 4.78 is 5.89. The van der Waals surface area contributed by atoms with Gasteiger partial charge in [-0.05, 0) is 96.3 Å². The van der Waals surface area contributed by atoms with Crippen molar-refractivity contribution in [3.63, 3.8) is 0 Å². The van der Waals surface area contributed by atoms with Gasteiger partial charge in [0, 0.05) is 6.42 Å². The Morgan fingerprint density at radius 1 is 0.492 bits per heavy atom. The number of hydrogen-bond donors (Lipinski definition) is 3. The lowest BCUT2D eigenvalue weighted by Crippen LogP contribution is -2.46. The largest absolute Gasteiger partial charge is 0.462 e. The van der Waals surface area contributed by atoms with Crippen LogP contribution in [0.1, 0.15) is 213 Å². The zero-order valence-corrected chi connectivity index (χ0v) is 39.5. The second kappa shape index (κ2) is 47.8. The standard InChI is InChI=1S/C55H93NO5/c1-4-7-10-13-16-19-21-23-25-27-28-30-32-35-37-40-43-46-51(49-54(59)56-52(50-57)53(58)47-44-41-38-34-18-15-12-9-6-3)61-55(60)48-45-42-39-36-33-31-29-26-24-22-20-17-14-11-8-5-2/h7-8,10-11,16-17,19-20,23-26,28,30,35,37,51-53,57-58H,4-6,9,12-15,18,21-22,27,29,31-34,36,38-50H2,1-3H3,(H,56,59)/b10-7-,11-8+,19-16-,20-17+,25-23-,26-24+,30-28-,37-35-. The van der Waals surface area contributed by atoms with Crippen LogP contribution in [0.5, 0.6) is 0 Å². The highest BCUT2D eigenvalue weighted by molar-refractivity contribution is 5.77. The van der Waals surface area contributed by atoms with E-state index in [1.807, 2.05) is 0 Å². The van der Waals surface area contributed by atoms with E-state index in [0.717, 1.165) is 109 Å². The predicted molar refractivity (Wildman–Crippen MR) is 264 cm³/mol. The summed E-state index contributed by atoms with van der Waals surface area (Å²) >= 11 is 0. The first-order valence-electron chi connectivity index (χ1n) is 25.0. The maximum absolute atomic E-state index is 13.2. The minimum Gasteiger partial charge on any atom is -0.462 e. The third kappa shape index (κ3) is 43.2. The highest BCUT2D eigenvalue weighted by atomic mass is 16.5. The first kappa shape index (κ1) is 57.8. The maximum atomic E-state index is 13.2. The van der Waals surface area contributed by atoms with Crippen LogP contribution < -0.4 is 5.32 Å². The molecule has 348 valence electrons. The molecule has 0 heterocycles. The number of allylic oxidation sites excluding steroid dienone is 16. The van der Waals surface area contributed by atoms with Crippen LogP contribution in [0, 0.1) is 0 Å². The Hall–Kier alpha value is -3.22. The number of unbranched alkanes of at least 4 members (excludes halogenated alkanes) is 15. The molecule has 0 aromatic rings. The molecule has 3 unspecified atom stereocenters. The number of ether oxygens (including phenoxy) is 1. The van der Waals surface area contributed by atoms with Crippen molar-refractivity contribution < 1.29 is 24.5 Å². The summed E-state index contributed by atoms with van der Waals surface area (Å²) in [5.41, 5.74) is 0. The van der Waals surface area contributed by atoms with Crippen LogP contribution in [0.3, 0.4) is 0 Å². The number of amides is 1. The fraction of sp³-hybridized carbons (Fsp3) is 0.673. The molecule has 0 bridgehead atoms. The highest BCUT2D eigenvalue weighted by Gasteiger charge is 2.24. The minimum atomic E-state index is -0.809. The van der Waals surface area contributed by atoms with E-state index in [-0.39, 0.29) is 24.9 Å². The van der Waals surface area contributed by atoms with Crippen LogP contribution in [0.2, 0.25) is 0 Å². The monoisotopic (exact) mass is 848 g/mol. The molecule has 61 heavy (non-hydrogen) atoms. The molecule has 0 aromatic carbocycles. The van der Waals surface area contributed by atoms with Gasteiger partial charge in [0.05, 0.1) is 25.2 Å². The van der Waals surface area contributed by atoms with E-state index >= 15 is 0 Å². The number of rotatable bonds is 43. The molecule has 0 radical (unpaired) electrons. The number of carbonyl (C=O) groups is 2. The van der Waals surface area contributed by atoms with Gasteiger partial charge < -0.3 is 20.3 Å². The molecule has 3 atom stereocenters. The van der Waals surface area contributed by atoms with E-state index in [1.54, 1.807) is 0 Å². The summed E-state index contributed by atoms with van der Waals surface area (Å²) in [6.07, 6.45) is 63.3. The van der Waals surface area contributed by atoms with Crippen LogP contribution in [0.15, 0.2) is 97.2 Å². The molecule has 6 heteroatoms. The van der Waals surface area contributed by atoms with E-state index in [2.05, 4.69) is 123 Å². The van der Waals surface area contributed by atoms with E-state index in [9.17, 15) is 19.8 Å². The van der Waals surface area contributed by atoms with Gasteiger partial charge in [-0.3, -0.25) is 9.59 Å². The Balaban J connectivity index is 4.74. The molecule has 3 N–H and O–H groups in total. The van der Waals surface area contributed by atoms with Crippen molar-refractivity contribution in [2.75, 3.05) is 6.61 Å². The average molecular weight is 848 g/mol. The second-order valence-electron chi connectivity index (χ2n) is 16.4. The molecule has 0 saturated carbocycles. The van der Waals surface area contributed by atoms with Crippen LogP contribution in [0.25, 0.3) is 0 Å². The van der Waals surface area contributed by atoms with Crippen LogP contribution in [-0.4, -0.2) is 46.9 Å². The minimum absolute atomic E-state index is 0.0275. The van der Waals surface area contributed by atoms with E-state index in [4.69, 9.17) is 4.74 Å². The third-order valence-corrected chi connectivity index (χ3v) is 10.7. The lowest BCUT2D eigenvalue weighted by Gasteiger charge is -2.24. The number of aliphatic hydroxyl groups is 2. The highest BCUT2D eigenvalue weighted by Crippen LogP contribution is 2.16. The zero-order chi connectivity index (χ0) is 44.5. The van der Waals surface area contributed by atoms with Crippen molar-refractivity contribution in [2.45, 2.75) is 232 Å². The van der Waals surface area contributed by atoms with Gasteiger partial charge in [-0.25, -0.2) is 0 Å². The Morgan fingerprint density at radius 3 is 1.38 bits per heavy atom. The van der Waals surface area contributed by atoms with Gasteiger partial charge in [-0.1, -0.05) is 201 Å². The summed E-state index contributed by atoms with van der Waals surface area (Å²) in [7, 11) is 0. The maximum Gasteiger partial charge on any atom is 0.306 e. The number of esters is 1. The van der Waals surface area contributed by atoms with Crippen molar-refractivity contribution in [1.82, 2.24) is 5.32 Å². The first-order valence-corrected chi connectivity index (χ1v) is 25.0. The van der Waals surface area contributed by atoms with Gasteiger partial charge in [-0.15, -0.1) is 0 Å². The first-order chi connectivity index (χ1) is 30.0. The molecule has 0 saturated heterocycles. The number of nitrogens with one attached hydrogen (secondary N) is 1. The summed E-state index contributed by atoms with van der Waals surface area (Å²) in [6, 6.07) is -0.727. The molecule has 0 aliphatic rings. The summed E-state index contributed by atoms with van der Waals surface area (Å²) in [5.74, 6) is -0.554. The van der Waals surface area contributed by atoms with E-state index in [1.165, 1.54) is 57.8 Å². The summed E-state index contributed by atoms with van der Waals surface area (Å²) in [5, 5.41) is 23.6. The summed E-state index contributed by atoms with van der Waals surface area (Å²) in [4.78, 5) is 26.1. The summed E-state index contributed by atoms with van der Waals surface area (Å²) in [6.45, 7) is 6.21. The van der Waals surface area contributed by atoms with Crippen LogP contribution in [0.4, 0.5) is 0 Å². The van der Waals surface area contributed by atoms with Gasteiger partial charge in [-0.2, -0.15) is 0 Å². The smallest absolute Gasteiger partial charge is 0.306 e. The molecule has 0 rings (SSSR count). The van der Waals surface area contributed by atoms with Crippen molar-refractivity contribution in [1.29, 1.82) is 0 Å². The van der Waals surface area contributed by atoms with Crippen molar-refractivity contribution in [2.24, 2.45) is 0 Å². The molecule has 0 aliphatic carbocycles. The Morgan fingerprint density at radius 2 is 0.902 bits per heavy atom. The molecular formula is C55H93NO5. The molecule has 1 amide bonds. The van der Waals surface area contributed by atoms with Gasteiger partial charge in [0.1, 0.15) is 6.10 Å². The lowest BCUT2D eigenvalue weighted by atomic mass is 10.0.